The molecule has 2 aliphatic carbocycles. The lowest BCUT2D eigenvalue weighted by Crippen LogP contribution is -2.50. The minimum atomic E-state index is -0.779. The van der Waals surface area contributed by atoms with Crippen LogP contribution in [0.25, 0.3) is 0 Å². The second-order valence-electron chi connectivity index (χ2n) is 6.82. The van der Waals surface area contributed by atoms with E-state index >= 15 is 0 Å². The third-order valence-electron chi connectivity index (χ3n) is 5.24. The fraction of sp³-hybridized carbons (Fsp3) is 0.938. The quantitative estimate of drug-likeness (QED) is 0.694. The van der Waals surface area contributed by atoms with Crippen molar-refractivity contribution in [2.24, 2.45) is 5.92 Å². The van der Waals surface area contributed by atoms with Gasteiger partial charge in [0.2, 0.25) is 0 Å². The van der Waals surface area contributed by atoms with Crippen LogP contribution in [0.2, 0.25) is 0 Å². The monoisotopic (exact) mass is 299 g/mol. The highest BCUT2D eigenvalue weighted by molar-refractivity contribution is 5.70. The number of hydrogen-bond donors (Lipinski definition) is 3. The van der Waals surface area contributed by atoms with Gasteiger partial charge < -0.3 is 15.3 Å². The number of carbonyl (C=O) groups is 1. The van der Waals surface area contributed by atoms with E-state index in [2.05, 4.69) is 4.90 Å². The lowest BCUT2D eigenvalue weighted by molar-refractivity contribution is -0.145. The number of aliphatic hydroxyl groups excluding tert-OH is 1. The Labute approximate surface area is 127 Å². The first-order chi connectivity index (χ1) is 10.0. The molecule has 2 rings (SSSR count). The van der Waals surface area contributed by atoms with Gasteiger partial charge in [0, 0.05) is 19.1 Å². The summed E-state index contributed by atoms with van der Waals surface area (Å²) >= 11 is 0. The van der Waals surface area contributed by atoms with E-state index < -0.39 is 11.6 Å². The van der Waals surface area contributed by atoms with Crippen molar-refractivity contribution in [2.75, 3.05) is 19.7 Å². The van der Waals surface area contributed by atoms with E-state index in [4.69, 9.17) is 5.11 Å². The molecule has 0 aliphatic heterocycles. The van der Waals surface area contributed by atoms with Crippen LogP contribution < -0.4 is 0 Å². The molecule has 0 radical (unpaired) electrons. The van der Waals surface area contributed by atoms with E-state index in [0.29, 0.717) is 44.8 Å². The van der Waals surface area contributed by atoms with Crippen LogP contribution in [0.3, 0.4) is 0 Å². The summed E-state index contributed by atoms with van der Waals surface area (Å²) in [6.07, 6.45) is 8.26. The van der Waals surface area contributed by atoms with E-state index in [1.807, 2.05) is 0 Å². The predicted octanol–water partition coefficient (Wildman–Crippen LogP) is 1.62. The van der Waals surface area contributed by atoms with Gasteiger partial charge in [0.05, 0.1) is 18.1 Å². The third-order valence-corrected chi connectivity index (χ3v) is 5.24. The Balaban J connectivity index is 1.91. The number of aliphatic carboxylic acids is 1. The zero-order valence-corrected chi connectivity index (χ0v) is 12.8. The van der Waals surface area contributed by atoms with Crippen LogP contribution >= 0.6 is 0 Å². The fourth-order valence-electron chi connectivity index (χ4n) is 3.90. The van der Waals surface area contributed by atoms with Crippen molar-refractivity contribution in [3.8, 4) is 0 Å². The average Bonchev–Trinajstić information content (AvgIpc) is 2.48. The Morgan fingerprint density at radius 3 is 2.24 bits per heavy atom. The first kappa shape index (κ1) is 16.7. The number of carboxylic acids is 1. The number of rotatable bonds is 6. The van der Waals surface area contributed by atoms with Crippen molar-refractivity contribution in [3.05, 3.63) is 0 Å². The first-order valence-corrected chi connectivity index (χ1v) is 8.34. The third kappa shape index (κ3) is 4.66. The summed E-state index contributed by atoms with van der Waals surface area (Å²) < 4.78 is 0. The Morgan fingerprint density at radius 2 is 1.71 bits per heavy atom. The van der Waals surface area contributed by atoms with Crippen LogP contribution in [0, 0.1) is 5.92 Å². The highest BCUT2D eigenvalue weighted by Crippen LogP contribution is 2.34. The van der Waals surface area contributed by atoms with Gasteiger partial charge in [-0.05, 0) is 38.5 Å². The summed E-state index contributed by atoms with van der Waals surface area (Å²) in [5, 5.41) is 29.1. The summed E-state index contributed by atoms with van der Waals surface area (Å²) in [5.41, 5.74) is -0.779. The zero-order valence-electron chi connectivity index (χ0n) is 12.8. The highest BCUT2D eigenvalue weighted by atomic mass is 16.4. The van der Waals surface area contributed by atoms with Crippen LogP contribution in [0.5, 0.6) is 0 Å². The number of hydrogen-bond acceptors (Lipinski definition) is 4. The summed E-state index contributed by atoms with van der Waals surface area (Å²) in [7, 11) is 0. The number of nitrogens with zero attached hydrogens (tertiary/aromatic N) is 1. The van der Waals surface area contributed by atoms with Gasteiger partial charge in [-0.3, -0.25) is 9.69 Å². The molecule has 0 spiro atoms. The van der Waals surface area contributed by atoms with Crippen molar-refractivity contribution in [3.63, 3.8) is 0 Å². The Morgan fingerprint density at radius 1 is 1.10 bits per heavy atom. The molecule has 2 aliphatic rings. The van der Waals surface area contributed by atoms with Crippen molar-refractivity contribution in [1.29, 1.82) is 0 Å². The van der Waals surface area contributed by atoms with Crippen LogP contribution in [-0.4, -0.2) is 57.5 Å². The number of aliphatic hydroxyl groups is 2. The van der Waals surface area contributed by atoms with E-state index in [1.165, 1.54) is 19.3 Å². The van der Waals surface area contributed by atoms with E-state index in [-0.39, 0.29) is 12.5 Å². The topological polar surface area (TPSA) is 81.0 Å². The molecule has 0 saturated heterocycles. The molecule has 5 nitrogen and oxygen atoms in total. The van der Waals surface area contributed by atoms with Gasteiger partial charge in [-0.15, -0.1) is 0 Å². The summed E-state index contributed by atoms with van der Waals surface area (Å²) in [6.45, 7) is 1.30. The lowest BCUT2D eigenvalue weighted by Gasteiger charge is -2.42. The molecule has 0 bridgehead atoms. The molecule has 0 atom stereocenters. The molecule has 5 heteroatoms. The molecule has 0 aromatic carbocycles. The van der Waals surface area contributed by atoms with Gasteiger partial charge >= 0.3 is 5.97 Å². The average molecular weight is 299 g/mol. The summed E-state index contributed by atoms with van der Waals surface area (Å²) in [6, 6.07) is 0.465. The molecule has 0 aromatic heterocycles. The van der Waals surface area contributed by atoms with E-state index in [1.54, 1.807) is 0 Å². The molecule has 0 amide bonds. The van der Waals surface area contributed by atoms with Crippen LogP contribution in [0.15, 0.2) is 0 Å². The minimum Gasteiger partial charge on any atom is -0.481 e. The van der Waals surface area contributed by atoms with Gasteiger partial charge in [0.1, 0.15) is 0 Å². The second kappa shape index (κ2) is 7.56. The molecule has 3 N–H and O–H groups in total. The van der Waals surface area contributed by atoms with Gasteiger partial charge in [-0.1, -0.05) is 19.3 Å². The maximum absolute atomic E-state index is 11.0. The largest absolute Gasteiger partial charge is 0.481 e. The normalized spacial score (nSPS) is 31.5. The molecule has 21 heavy (non-hydrogen) atoms. The first-order valence-electron chi connectivity index (χ1n) is 8.34. The molecular weight excluding hydrogens is 270 g/mol. The van der Waals surface area contributed by atoms with Crippen LogP contribution in [-0.2, 0) is 4.79 Å². The second-order valence-corrected chi connectivity index (χ2v) is 6.82. The van der Waals surface area contributed by atoms with Gasteiger partial charge in [-0.25, -0.2) is 0 Å². The van der Waals surface area contributed by atoms with Gasteiger partial charge in [-0.2, -0.15) is 0 Å². The maximum atomic E-state index is 11.0. The molecule has 122 valence electrons. The molecular formula is C16H29NO4. The Hall–Kier alpha value is -0.650. The highest BCUT2D eigenvalue weighted by Gasteiger charge is 2.38. The van der Waals surface area contributed by atoms with Crippen molar-refractivity contribution in [2.45, 2.75) is 69.4 Å². The molecule has 2 fully saturated rings. The SMILES string of the molecule is O=C(O)C1CCC(O)(CN(CCO)C2CCCCC2)CC1. The Bertz CT molecular complexity index is 333. The minimum absolute atomic E-state index is 0.115. The van der Waals surface area contributed by atoms with Crippen molar-refractivity contribution >= 4 is 5.97 Å². The van der Waals surface area contributed by atoms with Crippen molar-refractivity contribution < 1.29 is 20.1 Å². The smallest absolute Gasteiger partial charge is 0.306 e. The van der Waals surface area contributed by atoms with E-state index in [0.717, 1.165) is 12.8 Å². The number of carboxylic acid groups (broad SMARTS) is 1. The predicted molar refractivity (Wildman–Crippen MR) is 80.1 cm³/mol. The summed E-state index contributed by atoms with van der Waals surface area (Å²) in [5.74, 6) is -1.04. The molecule has 0 unspecified atom stereocenters. The van der Waals surface area contributed by atoms with Crippen molar-refractivity contribution in [1.82, 2.24) is 4.90 Å². The van der Waals surface area contributed by atoms with Crippen LogP contribution in [0.4, 0.5) is 0 Å². The Kier molecular flexibility index (Phi) is 6.02. The lowest BCUT2D eigenvalue weighted by atomic mass is 9.78. The van der Waals surface area contributed by atoms with Crippen LogP contribution in [0.1, 0.15) is 57.8 Å². The molecule has 0 heterocycles. The van der Waals surface area contributed by atoms with Gasteiger partial charge in [0.25, 0.3) is 0 Å². The zero-order chi connectivity index (χ0) is 15.3. The fourth-order valence-corrected chi connectivity index (χ4v) is 3.90. The summed E-state index contributed by atoms with van der Waals surface area (Å²) in [4.78, 5) is 13.2. The standard InChI is InChI=1S/C16H29NO4/c18-11-10-17(14-4-2-1-3-5-14)12-16(21)8-6-13(7-9-16)15(19)20/h13-14,18,21H,1-12H2,(H,19,20). The maximum Gasteiger partial charge on any atom is 0.306 e. The van der Waals surface area contributed by atoms with E-state index in [9.17, 15) is 15.0 Å². The molecule has 2 saturated carbocycles. The molecule has 0 aromatic rings. The van der Waals surface area contributed by atoms with Gasteiger partial charge in [0.15, 0.2) is 0 Å².